The summed E-state index contributed by atoms with van der Waals surface area (Å²) >= 11 is 0. The first-order valence-electron chi connectivity index (χ1n) is 10.5. The van der Waals surface area contributed by atoms with Gasteiger partial charge in [0.05, 0.1) is 12.0 Å². The second-order valence-corrected chi connectivity index (χ2v) is 7.84. The summed E-state index contributed by atoms with van der Waals surface area (Å²) < 4.78 is 5.23. The molecule has 160 valence electrons. The molecule has 9 nitrogen and oxygen atoms in total. The fourth-order valence-corrected chi connectivity index (χ4v) is 4.35. The van der Waals surface area contributed by atoms with Gasteiger partial charge in [-0.15, -0.1) is 0 Å². The summed E-state index contributed by atoms with van der Waals surface area (Å²) in [5.74, 6) is 1.71. The molecule has 2 saturated heterocycles. The molecule has 0 N–H and O–H groups in total. The number of hydrogen-bond acceptors (Lipinski definition) is 8. The van der Waals surface area contributed by atoms with Gasteiger partial charge in [-0.05, 0) is 50.5 Å². The van der Waals surface area contributed by atoms with E-state index in [0.29, 0.717) is 24.7 Å². The van der Waals surface area contributed by atoms with Crippen LogP contribution in [-0.2, 0) is 0 Å². The number of hydrogen-bond donors (Lipinski definition) is 0. The Hall–Kier alpha value is -3.10. The molecule has 0 amide bonds. The second kappa shape index (κ2) is 8.73. The van der Waals surface area contributed by atoms with Crippen molar-refractivity contribution in [2.24, 2.45) is 0 Å². The summed E-state index contributed by atoms with van der Waals surface area (Å²) in [5.41, 5.74) is 1.15. The Morgan fingerprint density at radius 3 is 2.30 bits per heavy atom. The average molecular weight is 412 g/mol. The standard InChI is InChI=1S/C21H28N6O3/c1-16-5-3-4-10-26(16)21-19(27(28)29)20(22-15-23-21)25-13-11-24(12-14-25)17-6-8-18(30-2)9-7-17/h6-9,15-16H,3-5,10-14H2,1-2H3. The Morgan fingerprint density at radius 1 is 1.00 bits per heavy atom. The minimum absolute atomic E-state index is 0.0316. The molecule has 0 bridgehead atoms. The van der Waals surface area contributed by atoms with E-state index in [2.05, 4.69) is 26.7 Å². The topological polar surface area (TPSA) is 87.9 Å². The van der Waals surface area contributed by atoms with Crippen LogP contribution in [0.2, 0.25) is 0 Å². The highest BCUT2D eigenvalue weighted by molar-refractivity contribution is 5.72. The highest BCUT2D eigenvalue weighted by Gasteiger charge is 2.33. The number of anilines is 3. The molecule has 30 heavy (non-hydrogen) atoms. The predicted octanol–water partition coefficient (Wildman–Crippen LogP) is 3.10. The van der Waals surface area contributed by atoms with Gasteiger partial charge in [-0.2, -0.15) is 0 Å². The van der Waals surface area contributed by atoms with E-state index < -0.39 is 0 Å². The van der Waals surface area contributed by atoms with Crippen LogP contribution in [0.1, 0.15) is 26.2 Å². The molecule has 1 unspecified atom stereocenters. The Balaban J connectivity index is 1.54. The zero-order chi connectivity index (χ0) is 21.1. The van der Waals surface area contributed by atoms with Crippen molar-refractivity contribution in [3.63, 3.8) is 0 Å². The number of ether oxygens (including phenoxy) is 1. The number of nitro groups is 1. The van der Waals surface area contributed by atoms with E-state index in [9.17, 15) is 10.1 Å². The van der Waals surface area contributed by atoms with Crippen LogP contribution < -0.4 is 19.4 Å². The summed E-state index contributed by atoms with van der Waals surface area (Å²) in [4.78, 5) is 26.7. The van der Waals surface area contributed by atoms with Gasteiger partial charge in [0.1, 0.15) is 12.1 Å². The number of piperazine rings is 1. The van der Waals surface area contributed by atoms with Crippen LogP contribution in [0.15, 0.2) is 30.6 Å². The number of benzene rings is 1. The Morgan fingerprint density at radius 2 is 1.67 bits per heavy atom. The number of nitrogens with zero attached hydrogens (tertiary/aromatic N) is 6. The molecule has 2 aromatic rings. The van der Waals surface area contributed by atoms with E-state index in [1.165, 1.54) is 6.33 Å². The molecule has 0 aliphatic carbocycles. The lowest BCUT2D eigenvalue weighted by molar-refractivity contribution is -0.383. The van der Waals surface area contributed by atoms with Crippen molar-refractivity contribution in [3.8, 4) is 5.75 Å². The maximum atomic E-state index is 12.0. The minimum Gasteiger partial charge on any atom is -0.497 e. The Bertz CT molecular complexity index is 883. The number of aromatic nitrogens is 2. The molecular weight excluding hydrogens is 384 g/mol. The van der Waals surface area contributed by atoms with E-state index in [4.69, 9.17) is 4.74 Å². The first-order valence-corrected chi connectivity index (χ1v) is 10.5. The lowest BCUT2D eigenvalue weighted by Gasteiger charge is -2.37. The smallest absolute Gasteiger partial charge is 0.353 e. The third-order valence-corrected chi connectivity index (χ3v) is 6.06. The summed E-state index contributed by atoms with van der Waals surface area (Å²) in [7, 11) is 1.65. The zero-order valence-corrected chi connectivity index (χ0v) is 17.5. The van der Waals surface area contributed by atoms with Gasteiger partial charge in [0.2, 0.25) is 11.6 Å². The van der Waals surface area contributed by atoms with Crippen molar-refractivity contribution >= 4 is 23.0 Å². The lowest BCUT2D eigenvalue weighted by Crippen LogP contribution is -2.47. The van der Waals surface area contributed by atoms with Crippen molar-refractivity contribution in [2.75, 3.05) is 54.5 Å². The molecule has 0 saturated carbocycles. The highest BCUT2D eigenvalue weighted by Crippen LogP contribution is 2.37. The van der Waals surface area contributed by atoms with Gasteiger partial charge in [0.15, 0.2) is 0 Å². The molecule has 1 aromatic heterocycles. The first kappa shape index (κ1) is 20.2. The summed E-state index contributed by atoms with van der Waals surface area (Å²) in [5, 5.41) is 12.0. The van der Waals surface area contributed by atoms with E-state index in [1.54, 1.807) is 7.11 Å². The van der Waals surface area contributed by atoms with E-state index in [-0.39, 0.29) is 16.7 Å². The van der Waals surface area contributed by atoms with Gasteiger partial charge in [0, 0.05) is 44.5 Å². The molecule has 9 heteroatoms. The first-order chi connectivity index (χ1) is 14.6. The minimum atomic E-state index is -0.318. The third-order valence-electron chi connectivity index (χ3n) is 6.06. The van der Waals surface area contributed by atoms with Crippen LogP contribution in [0.5, 0.6) is 5.75 Å². The maximum absolute atomic E-state index is 12.0. The molecule has 2 aliphatic heterocycles. The number of piperidine rings is 1. The van der Waals surface area contributed by atoms with Gasteiger partial charge < -0.3 is 19.4 Å². The van der Waals surface area contributed by atoms with Crippen LogP contribution in [0, 0.1) is 10.1 Å². The molecule has 4 rings (SSSR count). The van der Waals surface area contributed by atoms with Crippen LogP contribution in [0.4, 0.5) is 23.0 Å². The SMILES string of the molecule is COc1ccc(N2CCN(c3ncnc(N4CCCCC4C)c3[N+](=O)[O-])CC2)cc1. The van der Waals surface area contributed by atoms with Crippen LogP contribution in [0.25, 0.3) is 0 Å². The van der Waals surface area contributed by atoms with Crippen LogP contribution >= 0.6 is 0 Å². The second-order valence-electron chi connectivity index (χ2n) is 7.84. The monoisotopic (exact) mass is 412 g/mol. The van der Waals surface area contributed by atoms with Crippen LogP contribution in [-0.4, -0.2) is 60.8 Å². The van der Waals surface area contributed by atoms with Crippen LogP contribution in [0.3, 0.4) is 0 Å². The highest BCUT2D eigenvalue weighted by atomic mass is 16.6. The molecule has 1 aromatic carbocycles. The summed E-state index contributed by atoms with van der Waals surface area (Å²) in [6.07, 6.45) is 4.67. The van der Waals surface area contributed by atoms with E-state index >= 15 is 0 Å². The van der Waals surface area contributed by atoms with Gasteiger partial charge in [-0.25, -0.2) is 9.97 Å². The van der Waals surface area contributed by atoms with Gasteiger partial charge in [-0.3, -0.25) is 10.1 Å². The molecule has 2 aliphatic rings. The lowest BCUT2D eigenvalue weighted by atomic mass is 10.0. The van der Waals surface area contributed by atoms with Gasteiger partial charge >= 0.3 is 5.69 Å². The van der Waals surface area contributed by atoms with E-state index in [1.807, 2.05) is 29.2 Å². The molecule has 0 spiro atoms. The molecule has 0 radical (unpaired) electrons. The molecule has 1 atom stereocenters. The number of rotatable bonds is 5. The van der Waals surface area contributed by atoms with Gasteiger partial charge in [-0.1, -0.05) is 0 Å². The molecule has 3 heterocycles. The number of methoxy groups -OCH3 is 1. The normalized spacial score (nSPS) is 19.7. The zero-order valence-electron chi connectivity index (χ0n) is 17.5. The maximum Gasteiger partial charge on any atom is 0.353 e. The fourth-order valence-electron chi connectivity index (χ4n) is 4.35. The van der Waals surface area contributed by atoms with Gasteiger partial charge in [0.25, 0.3) is 0 Å². The predicted molar refractivity (Wildman–Crippen MR) is 117 cm³/mol. The fraction of sp³-hybridized carbons (Fsp3) is 0.524. The van der Waals surface area contributed by atoms with Crippen molar-refractivity contribution in [1.29, 1.82) is 0 Å². The third kappa shape index (κ3) is 3.96. The largest absolute Gasteiger partial charge is 0.497 e. The van der Waals surface area contributed by atoms with E-state index in [0.717, 1.165) is 50.3 Å². The van der Waals surface area contributed by atoms with Crippen molar-refractivity contribution in [1.82, 2.24) is 9.97 Å². The Labute approximate surface area is 176 Å². The van der Waals surface area contributed by atoms with Crippen molar-refractivity contribution in [2.45, 2.75) is 32.2 Å². The Kier molecular flexibility index (Phi) is 5.87. The molecular formula is C21H28N6O3. The van der Waals surface area contributed by atoms with Crippen molar-refractivity contribution in [3.05, 3.63) is 40.7 Å². The average Bonchev–Trinajstić information content (AvgIpc) is 2.79. The summed E-state index contributed by atoms with van der Waals surface area (Å²) in [6, 6.07) is 8.22. The quantitative estimate of drug-likeness (QED) is 0.547. The molecule has 2 fully saturated rings. The summed E-state index contributed by atoms with van der Waals surface area (Å²) in [6.45, 7) is 5.77. The van der Waals surface area contributed by atoms with Crippen molar-refractivity contribution < 1.29 is 9.66 Å².